The maximum Gasteiger partial charge on any atom is 0.359 e. The second kappa shape index (κ2) is 12.0. The van der Waals surface area contributed by atoms with Crippen molar-refractivity contribution in [3.05, 3.63) is 71.0 Å². The van der Waals surface area contributed by atoms with E-state index in [1.165, 1.54) is 4.68 Å². The third kappa shape index (κ3) is 5.84. The van der Waals surface area contributed by atoms with Crippen molar-refractivity contribution in [1.82, 2.24) is 9.78 Å². The average molecular weight is 525 g/mol. The molecule has 2 amide bonds. The van der Waals surface area contributed by atoms with Crippen molar-refractivity contribution in [3.8, 4) is 5.69 Å². The third-order valence-corrected chi connectivity index (χ3v) is 6.37. The summed E-state index contributed by atoms with van der Waals surface area (Å²) >= 11 is 5.67. The van der Waals surface area contributed by atoms with Gasteiger partial charge in [0.1, 0.15) is 5.69 Å². The summed E-state index contributed by atoms with van der Waals surface area (Å²) in [4.78, 5) is 40.1. The number of unbranched alkanes of at least 4 members (excludes halogenated alkanes) is 1. The Morgan fingerprint density at radius 3 is 2.43 bits per heavy atom. The molecule has 0 saturated heterocycles. The van der Waals surface area contributed by atoms with Crippen LogP contribution in [0.15, 0.2) is 48.5 Å². The van der Waals surface area contributed by atoms with E-state index in [1.54, 1.807) is 60.4 Å². The predicted molar refractivity (Wildman–Crippen MR) is 140 cm³/mol. The van der Waals surface area contributed by atoms with E-state index in [9.17, 15) is 19.5 Å². The molecule has 9 nitrogen and oxygen atoms in total. The number of anilines is 2. The zero-order valence-corrected chi connectivity index (χ0v) is 21.3. The maximum absolute atomic E-state index is 13.7. The van der Waals surface area contributed by atoms with E-state index in [2.05, 4.69) is 10.4 Å². The topological polar surface area (TPSA) is 114 Å². The summed E-state index contributed by atoms with van der Waals surface area (Å²) in [5.41, 5.74) is 3.58. The van der Waals surface area contributed by atoms with Gasteiger partial charge >= 0.3 is 5.97 Å². The van der Waals surface area contributed by atoms with Crippen LogP contribution in [0.3, 0.4) is 0 Å². The summed E-state index contributed by atoms with van der Waals surface area (Å²) in [6.07, 6.45) is 2.33. The van der Waals surface area contributed by atoms with Crippen molar-refractivity contribution in [2.45, 2.75) is 39.2 Å². The Morgan fingerprint density at radius 2 is 1.78 bits per heavy atom. The van der Waals surface area contributed by atoms with Crippen LogP contribution in [0.25, 0.3) is 5.69 Å². The van der Waals surface area contributed by atoms with Crippen LogP contribution in [0, 0.1) is 0 Å². The molecule has 0 bridgehead atoms. The number of fused-ring (bicyclic) bond motifs is 1. The van der Waals surface area contributed by atoms with Crippen LogP contribution >= 0.6 is 11.6 Å². The fourth-order valence-corrected chi connectivity index (χ4v) is 4.42. The molecule has 0 atom stereocenters. The van der Waals surface area contributed by atoms with Gasteiger partial charge in [-0.05, 0) is 68.1 Å². The van der Waals surface area contributed by atoms with Crippen LogP contribution in [0.1, 0.15) is 58.3 Å². The Kier molecular flexibility index (Phi) is 8.58. The van der Waals surface area contributed by atoms with E-state index in [-0.39, 0.29) is 30.7 Å². The number of benzene rings is 2. The Balaban J connectivity index is 1.61. The molecule has 2 aromatic carbocycles. The summed E-state index contributed by atoms with van der Waals surface area (Å²) in [7, 11) is 0. The lowest BCUT2D eigenvalue weighted by atomic mass is 10.0. The molecule has 10 heteroatoms. The third-order valence-electron chi connectivity index (χ3n) is 6.10. The highest BCUT2D eigenvalue weighted by Gasteiger charge is 2.35. The molecule has 1 aromatic heterocycles. The Morgan fingerprint density at radius 1 is 1.08 bits per heavy atom. The Labute approximate surface area is 220 Å². The van der Waals surface area contributed by atoms with Crippen LogP contribution in [0.2, 0.25) is 0 Å². The summed E-state index contributed by atoms with van der Waals surface area (Å²) in [5, 5.41) is 16.7. The molecule has 2 heterocycles. The molecule has 4 rings (SSSR count). The number of hydrogen-bond acceptors (Lipinski definition) is 6. The number of alkyl halides is 1. The molecular formula is C27H29ClN4O5. The summed E-state index contributed by atoms with van der Waals surface area (Å²) in [6, 6.07) is 14.0. The van der Waals surface area contributed by atoms with Gasteiger partial charge in [-0.25, -0.2) is 9.48 Å². The Hall–Kier alpha value is -3.69. The number of carbonyl (C=O) groups excluding carboxylic acids is 3. The monoisotopic (exact) mass is 524 g/mol. The molecule has 0 radical (unpaired) electrons. The van der Waals surface area contributed by atoms with E-state index in [1.807, 2.05) is 0 Å². The summed E-state index contributed by atoms with van der Waals surface area (Å²) in [5.74, 6) is -0.425. The second-order valence-corrected chi connectivity index (χ2v) is 8.96. The molecule has 3 aromatic rings. The lowest BCUT2D eigenvalue weighted by Crippen LogP contribution is -2.39. The predicted octanol–water partition coefficient (Wildman–Crippen LogP) is 4.09. The number of esters is 1. The number of halogens is 1. The van der Waals surface area contributed by atoms with Gasteiger partial charge in [0.25, 0.3) is 5.91 Å². The first-order valence-electron chi connectivity index (χ1n) is 12.2. The molecule has 1 aliphatic heterocycles. The number of nitrogens with zero attached hydrogens (tertiary/aromatic N) is 3. The van der Waals surface area contributed by atoms with Gasteiger partial charge in [0.15, 0.2) is 5.69 Å². The minimum absolute atomic E-state index is 0.0841. The highest BCUT2D eigenvalue weighted by Crippen LogP contribution is 2.30. The number of ether oxygens (including phenoxy) is 1. The molecule has 0 aliphatic carbocycles. The molecule has 0 saturated carbocycles. The quantitative estimate of drug-likeness (QED) is 0.234. The maximum atomic E-state index is 13.7. The molecular weight excluding hydrogens is 496 g/mol. The normalized spacial score (nSPS) is 12.8. The van der Waals surface area contributed by atoms with Gasteiger partial charge in [-0.3, -0.25) is 9.59 Å². The van der Waals surface area contributed by atoms with Crippen LogP contribution in [-0.2, 0) is 22.6 Å². The molecule has 0 fully saturated rings. The van der Waals surface area contributed by atoms with Crippen molar-refractivity contribution in [2.75, 3.05) is 29.2 Å². The first-order chi connectivity index (χ1) is 18.0. The van der Waals surface area contributed by atoms with Crippen molar-refractivity contribution in [3.63, 3.8) is 0 Å². The fraction of sp³-hybridized carbons (Fsp3) is 0.333. The number of hydrogen-bond donors (Lipinski definition) is 2. The summed E-state index contributed by atoms with van der Waals surface area (Å²) < 4.78 is 6.65. The van der Waals surface area contributed by atoms with E-state index in [4.69, 9.17) is 16.3 Å². The van der Waals surface area contributed by atoms with Crippen molar-refractivity contribution >= 4 is 40.8 Å². The van der Waals surface area contributed by atoms with Crippen molar-refractivity contribution < 1.29 is 24.2 Å². The molecule has 37 heavy (non-hydrogen) atoms. The van der Waals surface area contributed by atoms with Gasteiger partial charge in [0.05, 0.1) is 18.9 Å². The standard InChI is InChI=1S/C27H29ClN4O5/c1-2-37-27(36)24-22-14-16-31(20-12-8-19(9-13-20)29-23(34)5-3-4-15-28)26(35)25(22)32(30-24)21-10-6-18(17-33)7-11-21/h6-13,33H,2-5,14-17H2,1H3,(H,29,34). The lowest BCUT2D eigenvalue weighted by molar-refractivity contribution is -0.116. The van der Waals surface area contributed by atoms with Gasteiger partial charge in [0, 0.05) is 35.8 Å². The fourth-order valence-electron chi connectivity index (χ4n) is 4.23. The largest absolute Gasteiger partial charge is 0.461 e. The molecule has 0 spiro atoms. The van der Waals surface area contributed by atoms with Crippen LogP contribution < -0.4 is 10.2 Å². The van der Waals surface area contributed by atoms with Gasteiger partial charge in [-0.2, -0.15) is 5.10 Å². The molecule has 1 aliphatic rings. The number of carbonyl (C=O) groups is 3. The zero-order chi connectivity index (χ0) is 26.4. The van der Waals surface area contributed by atoms with Gasteiger partial charge in [-0.15, -0.1) is 11.6 Å². The number of aliphatic hydroxyl groups excluding tert-OH is 1. The van der Waals surface area contributed by atoms with Gasteiger partial charge in [-0.1, -0.05) is 12.1 Å². The highest BCUT2D eigenvalue weighted by atomic mass is 35.5. The van der Waals surface area contributed by atoms with E-state index in [0.717, 1.165) is 18.4 Å². The number of aliphatic hydroxyl groups is 1. The number of rotatable bonds is 10. The second-order valence-electron chi connectivity index (χ2n) is 8.58. The first kappa shape index (κ1) is 26.4. The summed E-state index contributed by atoms with van der Waals surface area (Å²) in [6.45, 7) is 2.16. The average Bonchev–Trinajstić information content (AvgIpc) is 3.31. The molecule has 0 unspecified atom stereocenters. The van der Waals surface area contributed by atoms with Gasteiger partial charge in [0.2, 0.25) is 5.91 Å². The molecule has 194 valence electrons. The first-order valence-corrected chi connectivity index (χ1v) is 12.8. The van der Waals surface area contributed by atoms with Crippen LogP contribution in [0.4, 0.5) is 11.4 Å². The minimum atomic E-state index is -0.572. The molecule has 2 N–H and O–H groups in total. The zero-order valence-electron chi connectivity index (χ0n) is 20.6. The van der Waals surface area contributed by atoms with Crippen LogP contribution in [-0.4, -0.2) is 51.7 Å². The van der Waals surface area contributed by atoms with E-state index < -0.39 is 5.97 Å². The van der Waals surface area contributed by atoms with E-state index >= 15 is 0 Å². The number of aromatic nitrogens is 2. The lowest BCUT2D eigenvalue weighted by Gasteiger charge is -2.28. The highest BCUT2D eigenvalue weighted by molar-refractivity contribution is 6.17. The van der Waals surface area contributed by atoms with Crippen molar-refractivity contribution in [2.24, 2.45) is 0 Å². The minimum Gasteiger partial charge on any atom is -0.461 e. The smallest absolute Gasteiger partial charge is 0.359 e. The van der Waals surface area contributed by atoms with Crippen molar-refractivity contribution in [1.29, 1.82) is 0 Å². The number of nitrogens with one attached hydrogen (secondary N) is 1. The van der Waals surface area contributed by atoms with Gasteiger partial charge < -0.3 is 20.1 Å². The number of amides is 2. The SMILES string of the molecule is CCOC(=O)c1nn(-c2ccc(CO)cc2)c2c1CCN(c1ccc(NC(=O)CCCCCl)cc1)C2=O. The van der Waals surface area contributed by atoms with Crippen LogP contribution in [0.5, 0.6) is 0 Å². The van der Waals surface area contributed by atoms with E-state index in [0.29, 0.717) is 53.6 Å². The Bertz CT molecular complexity index is 1270.